The molecule has 1 aromatic rings. The largest absolute Gasteiger partial charge is 0.339 e. The van der Waals surface area contributed by atoms with Gasteiger partial charge in [0.2, 0.25) is 11.8 Å². The minimum atomic E-state index is 0.0888. The summed E-state index contributed by atoms with van der Waals surface area (Å²) in [6.07, 6.45) is 1.25. The van der Waals surface area contributed by atoms with Crippen LogP contribution in [0.4, 0.5) is 0 Å². The van der Waals surface area contributed by atoms with Crippen molar-refractivity contribution < 1.29 is 9.59 Å². The van der Waals surface area contributed by atoms with Crippen LogP contribution in [0.2, 0.25) is 0 Å². The first-order valence-corrected chi connectivity index (χ1v) is 8.85. The molecular formula is C18H30N4O2. The van der Waals surface area contributed by atoms with Gasteiger partial charge in [-0.1, -0.05) is 13.8 Å². The second-order valence-electron chi connectivity index (χ2n) is 7.11. The summed E-state index contributed by atoms with van der Waals surface area (Å²) in [4.78, 5) is 27.5. The molecule has 1 aromatic heterocycles. The van der Waals surface area contributed by atoms with E-state index in [1.54, 1.807) is 11.8 Å². The van der Waals surface area contributed by atoms with Gasteiger partial charge >= 0.3 is 0 Å². The van der Waals surface area contributed by atoms with Gasteiger partial charge in [-0.05, 0) is 31.7 Å². The van der Waals surface area contributed by atoms with Gasteiger partial charge in [-0.2, -0.15) is 5.10 Å². The first-order chi connectivity index (χ1) is 11.3. The van der Waals surface area contributed by atoms with Crippen molar-refractivity contribution in [2.24, 2.45) is 5.92 Å². The van der Waals surface area contributed by atoms with Crippen molar-refractivity contribution in [1.82, 2.24) is 19.6 Å². The molecule has 6 nitrogen and oxygen atoms in total. The Hall–Kier alpha value is -1.85. The lowest BCUT2D eigenvalue weighted by molar-refractivity contribution is -0.138. The van der Waals surface area contributed by atoms with E-state index in [2.05, 4.69) is 30.6 Å². The van der Waals surface area contributed by atoms with Crippen molar-refractivity contribution >= 4 is 11.8 Å². The predicted octanol–water partition coefficient (Wildman–Crippen LogP) is 1.78. The fourth-order valence-electron chi connectivity index (χ4n) is 3.28. The van der Waals surface area contributed by atoms with Crippen molar-refractivity contribution in [3.05, 3.63) is 17.0 Å². The summed E-state index contributed by atoms with van der Waals surface area (Å²) >= 11 is 0. The lowest BCUT2D eigenvalue weighted by atomic mass is 10.1. The smallest absolute Gasteiger partial charge is 0.223 e. The van der Waals surface area contributed by atoms with Crippen LogP contribution in [-0.4, -0.2) is 57.6 Å². The highest BCUT2D eigenvalue weighted by atomic mass is 16.2. The van der Waals surface area contributed by atoms with Gasteiger partial charge in [-0.15, -0.1) is 0 Å². The molecule has 1 aliphatic rings. The van der Waals surface area contributed by atoms with Gasteiger partial charge in [-0.25, -0.2) is 0 Å². The standard InChI is InChI=1S/C18H30N4O2/c1-13(2)12-22-15(4)17(14(3)19-22)6-7-18(24)21-10-8-20(9-11-21)16(5)23/h13H,6-12H2,1-5H3. The number of hydrogen-bond acceptors (Lipinski definition) is 3. The summed E-state index contributed by atoms with van der Waals surface area (Å²) in [6, 6.07) is 0. The van der Waals surface area contributed by atoms with Crippen LogP contribution in [0.15, 0.2) is 0 Å². The molecule has 1 saturated heterocycles. The van der Waals surface area contributed by atoms with Gasteiger partial charge < -0.3 is 9.80 Å². The third-order valence-electron chi connectivity index (χ3n) is 4.74. The number of carbonyl (C=O) groups is 2. The molecule has 2 amide bonds. The number of aromatic nitrogens is 2. The number of nitrogens with zero attached hydrogens (tertiary/aromatic N) is 4. The molecule has 1 fully saturated rings. The third kappa shape index (κ3) is 4.36. The zero-order chi connectivity index (χ0) is 17.9. The van der Waals surface area contributed by atoms with Crippen LogP contribution in [0, 0.1) is 19.8 Å². The van der Waals surface area contributed by atoms with E-state index in [1.807, 2.05) is 11.8 Å². The maximum atomic E-state index is 12.5. The first-order valence-electron chi connectivity index (χ1n) is 8.85. The summed E-state index contributed by atoms with van der Waals surface area (Å²) in [5.41, 5.74) is 3.41. The van der Waals surface area contributed by atoms with E-state index in [4.69, 9.17) is 0 Å². The Kier molecular flexibility index (Phi) is 6.02. The van der Waals surface area contributed by atoms with Gasteiger partial charge in [0.15, 0.2) is 0 Å². The Balaban J connectivity index is 1.90. The van der Waals surface area contributed by atoms with Crippen LogP contribution >= 0.6 is 0 Å². The van der Waals surface area contributed by atoms with E-state index < -0.39 is 0 Å². The number of piperazine rings is 1. The highest BCUT2D eigenvalue weighted by molar-refractivity contribution is 5.77. The molecule has 0 aliphatic carbocycles. The lowest BCUT2D eigenvalue weighted by Crippen LogP contribution is -2.50. The minimum absolute atomic E-state index is 0.0888. The second-order valence-corrected chi connectivity index (χ2v) is 7.11. The summed E-state index contributed by atoms with van der Waals surface area (Å²) < 4.78 is 2.06. The van der Waals surface area contributed by atoms with E-state index in [-0.39, 0.29) is 11.8 Å². The molecule has 1 aliphatic heterocycles. The zero-order valence-electron chi connectivity index (χ0n) is 15.6. The van der Waals surface area contributed by atoms with E-state index in [0.29, 0.717) is 38.5 Å². The van der Waals surface area contributed by atoms with Gasteiger partial charge in [0.05, 0.1) is 5.69 Å². The third-order valence-corrected chi connectivity index (χ3v) is 4.74. The molecule has 6 heteroatoms. The van der Waals surface area contributed by atoms with Crippen molar-refractivity contribution in [2.75, 3.05) is 26.2 Å². The summed E-state index contributed by atoms with van der Waals surface area (Å²) in [5, 5.41) is 4.62. The normalized spacial score (nSPS) is 15.2. The summed E-state index contributed by atoms with van der Waals surface area (Å²) in [7, 11) is 0. The molecule has 24 heavy (non-hydrogen) atoms. The van der Waals surface area contributed by atoms with Crippen molar-refractivity contribution in [3.63, 3.8) is 0 Å². The molecule has 0 aromatic carbocycles. The van der Waals surface area contributed by atoms with Crippen molar-refractivity contribution in [2.45, 2.75) is 54.0 Å². The second kappa shape index (κ2) is 7.81. The zero-order valence-corrected chi connectivity index (χ0v) is 15.6. The SMILES string of the molecule is CC(=O)N1CCN(C(=O)CCc2c(C)nn(CC(C)C)c2C)CC1. The topological polar surface area (TPSA) is 58.4 Å². The van der Waals surface area contributed by atoms with Crippen LogP contribution in [-0.2, 0) is 22.6 Å². The average Bonchev–Trinajstić information content (AvgIpc) is 2.78. The molecule has 0 N–H and O–H groups in total. The van der Waals surface area contributed by atoms with E-state index in [1.165, 1.54) is 11.3 Å². The van der Waals surface area contributed by atoms with E-state index in [9.17, 15) is 9.59 Å². The number of carbonyl (C=O) groups excluding carboxylic acids is 2. The highest BCUT2D eigenvalue weighted by Gasteiger charge is 2.22. The fraction of sp³-hybridized carbons (Fsp3) is 0.722. The molecule has 0 bridgehead atoms. The quantitative estimate of drug-likeness (QED) is 0.825. The number of aryl methyl sites for hydroxylation is 1. The Morgan fingerprint density at radius 2 is 1.67 bits per heavy atom. The molecule has 0 atom stereocenters. The van der Waals surface area contributed by atoms with Gasteiger partial charge in [-0.3, -0.25) is 14.3 Å². The maximum Gasteiger partial charge on any atom is 0.223 e. The van der Waals surface area contributed by atoms with E-state index in [0.717, 1.165) is 18.7 Å². The van der Waals surface area contributed by atoms with Crippen LogP contribution in [0.5, 0.6) is 0 Å². The van der Waals surface area contributed by atoms with Crippen molar-refractivity contribution in [1.29, 1.82) is 0 Å². The fourth-order valence-corrected chi connectivity index (χ4v) is 3.28. The van der Waals surface area contributed by atoms with Gasteiger partial charge in [0, 0.05) is 51.8 Å². The minimum Gasteiger partial charge on any atom is -0.339 e. The van der Waals surface area contributed by atoms with Crippen LogP contribution in [0.25, 0.3) is 0 Å². The Morgan fingerprint density at radius 3 is 2.21 bits per heavy atom. The molecular weight excluding hydrogens is 304 g/mol. The van der Waals surface area contributed by atoms with Gasteiger partial charge in [0.25, 0.3) is 0 Å². The molecule has 0 unspecified atom stereocenters. The molecule has 0 spiro atoms. The average molecular weight is 334 g/mol. The van der Waals surface area contributed by atoms with Gasteiger partial charge in [0.1, 0.15) is 0 Å². The molecule has 134 valence electrons. The summed E-state index contributed by atoms with van der Waals surface area (Å²) in [6.45, 7) is 13.5. The van der Waals surface area contributed by atoms with Crippen LogP contribution in [0.3, 0.4) is 0 Å². The Labute approximate surface area is 144 Å². The Bertz CT molecular complexity index is 598. The molecule has 2 rings (SSSR count). The molecule has 2 heterocycles. The number of rotatable bonds is 5. The van der Waals surface area contributed by atoms with E-state index >= 15 is 0 Å². The van der Waals surface area contributed by atoms with Crippen LogP contribution in [0.1, 0.15) is 44.1 Å². The number of hydrogen-bond donors (Lipinski definition) is 0. The predicted molar refractivity (Wildman–Crippen MR) is 93.7 cm³/mol. The van der Waals surface area contributed by atoms with Crippen LogP contribution < -0.4 is 0 Å². The lowest BCUT2D eigenvalue weighted by Gasteiger charge is -2.34. The van der Waals surface area contributed by atoms with Crippen molar-refractivity contribution in [3.8, 4) is 0 Å². The Morgan fingerprint density at radius 1 is 1.08 bits per heavy atom. The maximum absolute atomic E-state index is 12.5. The number of amides is 2. The summed E-state index contributed by atoms with van der Waals surface area (Å²) in [5.74, 6) is 0.814. The highest BCUT2D eigenvalue weighted by Crippen LogP contribution is 2.17. The first kappa shape index (κ1) is 18.5. The molecule has 0 saturated carbocycles. The molecule has 0 radical (unpaired) electrons. The monoisotopic (exact) mass is 334 g/mol.